The lowest BCUT2D eigenvalue weighted by molar-refractivity contribution is -0.129. The van der Waals surface area contributed by atoms with E-state index in [4.69, 9.17) is 4.42 Å². The van der Waals surface area contributed by atoms with Gasteiger partial charge in [0.15, 0.2) is 11.5 Å². The van der Waals surface area contributed by atoms with Gasteiger partial charge in [-0.05, 0) is 50.6 Å². The Morgan fingerprint density at radius 3 is 2.76 bits per heavy atom. The van der Waals surface area contributed by atoms with Crippen molar-refractivity contribution in [1.82, 2.24) is 9.80 Å². The minimum atomic E-state index is -0.577. The number of ketones is 1. The Hall–Kier alpha value is -2.38. The molecule has 0 bridgehead atoms. The number of hydrogen-bond acceptors (Lipinski definition) is 6. The average Bonchev–Trinajstić information content (AvgIpc) is 3.31. The molecule has 2 aromatic heterocycles. The molecule has 0 radical (unpaired) electrons. The second-order valence-electron chi connectivity index (χ2n) is 6.14. The van der Waals surface area contributed by atoms with Crippen LogP contribution in [0, 0.1) is 0 Å². The lowest BCUT2D eigenvalue weighted by Crippen LogP contribution is -2.33. The number of Topliss-reactive ketones (excluding diaryl/α,β-unsaturated/α-hetero) is 1. The first-order valence-electron chi connectivity index (χ1n) is 8.01. The Kier molecular flexibility index (Phi) is 5.06. The number of amides is 1. The van der Waals surface area contributed by atoms with Crippen LogP contribution in [0.25, 0.3) is 0 Å². The normalized spacial score (nSPS) is 17.8. The first-order valence-corrected chi connectivity index (χ1v) is 8.89. The molecule has 3 rings (SSSR count). The molecular formula is C18H20N2O4S. The lowest BCUT2D eigenvalue weighted by Gasteiger charge is -2.26. The Bertz CT molecular complexity index is 778. The van der Waals surface area contributed by atoms with E-state index in [1.807, 2.05) is 36.5 Å². The molecule has 7 heteroatoms. The molecule has 0 saturated carbocycles. The molecular weight excluding hydrogens is 340 g/mol. The monoisotopic (exact) mass is 360 g/mol. The Morgan fingerprint density at radius 2 is 2.16 bits per heavy atom. The Labute approximate surface area is 150 Å². The summed E-state index contributed by atoms with van der Waals surface area (Å²) < 4.78 is 5.18. The first-order chi connectivity index (χ1) is 12.0. The molecule has 0 spiro atoms. The second kappa shape index (κ2) is 7.25. The van der Waals surface area contributed by atoms with Gasteiger partial charge in [-0.15, -0.1) is 11.3 Å². The van der Waals surface area contributed by atoms with E-state index in [1.165, 1.54) is 23.7 Å². The zero-order chi connectivity index (χ0) is 18.0. The summed E-state index contributed by atoms with van der Waals surface area (Å²) in [4.78, 5) is 29.8. The smallest absolute Gasteiger partial charge is 0.290 e. The van der Waals surface area contributed by atoms with Crippen LogP contribution in [0.5, 0.6) is 0 Å². The third kappa shape index (κ3) is 3.38. The van der Waals surface area contributed by atoms with Crippen LogP contribution in [0.15, 0.2) is 51.7 Å². The number of aliphatic hydroxyl groups is 1. The highest BCUT2D eigenvalue weighted by molar-refractivity contribution is 7.10. The molecule has 0 aromatic carbocycles. The largest absolute Gasteiger partial charge is 0.503 e. The maximum absolute atomic E-state index is 12.8. The van der Waals surface area contributed by atoms with Crippen LogP contribution in [0.3, 0.4) is 0 Å². The standard InChI is InChI=1S/C18H20N2O4S/c1-19(2)8-5-9-20-15(13-7-4-11-25-13)14(17(22)18(20)23)16(21)12-6-3-10-24-12/h3-4,6-7,10-11,15,22H,5,8-9H2,1-2H3. The van der Waals surface area contributed by atoms with Crippen molar-refractivity contribution >= 4 is 23.0 Å². The zero-order valence-corrected chi connectivity index (χ0v) is 15.0. The molecule has 1 aliphatic rings. The van der Waals surface area contributed by atoms with Gasteiger partial charge in [-0.2, -0.15) is 0 Å². The van der Waals surface area contributed by atoms with Gasteiger partial charge >= 0.3 is 0 Å². The summed E-state index contributed by atoms with van der Waals surface area (Å²) in [5.41, 5.74) is 0.0900. The molecule has 0 aliphatic carbocycles. The number of thiophene rings is 1. The van der Waals surface area contributed by atoms with Crippen molar-refractivity contribution in [2.24, 2.45) is 0 Å². The molecule has 132 valence electrons. The predicted octanol–water partition coefficient (Wildman–Crippen LogP) is 2.87. The number of furan rings is 1. The number of rotatable bonds is 7. The summed E-state index contributed by atoms with van der Waals surface area (Å²) in [6.45, 7) is 1.27. The Balaban J connectivity index is 1.94. The number of carbonyl (C=O) groups excluding carboxylic acids is 2. The molecule has 1 atom stereocenters. The highest BCUT2D eigenvalue weighted by atomic mass is 32.1. The molecule has 1 amide bonds. The predicted molar refractivity (Wildman–Crippen MR) is 94.6 cm³/mol. The highest BCUT2D eigenvalue weighted by Gasteiger charge is 2.44. The summed E-state index contributed by atoms with van der Waals surface area (Å²) in [6.07, 6.45) is 2.15. The third-order valence-corrected chi connectivity index (χ3v) is 5.04. The maximum Gasteiger partial charge on any atom is 0.290 e. The minimum Gasteiger partial charge on any atom is -0.503 e. The number of nitrogens with zero attached hydrogens (tertiary/aromatic N) is 2. The topological polar surface area (TPSA) is 74.0 Å². The molecule has 3 heterocycles. The van der Waals surface area contributed by atoms with Gasteiger partial charge in [0.2, 0.25) is 5.78 Å². The van der Waals surface area contributed by atoms with Crippen LogP contribution in [0.2, 0.25) is 0 Å². The average molecular weight is 360 g/mol. The summed E-state index contributed by atoms with van der Waals surface area (Å²) >= 11 is 1.45. The van der Waals surface area contributed by atoms with E-state index in [2.05, 4.69) is 0 Å². The third-order valence-electron chi connectivity index (χ3n) is 4.11. The van der Waals surface area contributed by atoms with E-state index in [0.29, 0.717) is 6.54 Å². The van der Waals surface area contributed by atoms with Crippen LogP contribution >= 0.6 is 11.3 Å². The molecule has 1 N–H and O–H groups in total. The molecule has 6 nitrogen and oxygen atoms in total. The minimum absolute atomic E-state index is 0.0900. The van der Waals surface area contributed by atoms with Crippen LogP contribution in [-0.2, 0) is 4.79 Å². The molecule has 25 heavy (non-hydrogen) atoms. The summed E-state index contributed by atoms with van der Waals surface area (Å²) in [5.74, 6) is -1.33. The van der Waals surface area contributed by atoms with Crippen LogP contribution in [0.4, 0.5) is 0 Å². The Morgan fingerprint density at radius 1 is 1.36 bits per heavy atom. The second-order valence-corrected chi connectivity index (χ2v) is 7.12. The van der Waals surface area contributed by atoms with E-state index >= 15 is 0 Å². The van der Waals surface area contributed by atoms with E-state index in [-0.39, 0.29) is 11.3 Å². The van der Waals surface area contributed by atoms with Crippen molar-refractivity contribution in [1.29, 1.82) is 0 Å². The van der Waals surface area contributed by atoms with E-state index < -0.39 is 23.5 Å². The van der Waals surface area contributed by atoms with E-state index in [9.17, 15) is 14.7 Å². The molecule has 1 aliphatic heterocycles. The van der Waals surface area contributed by atoms with Crippen LogP contribution in [0.1, 0.15) is 27.9 Å². The van der Waals surface area contributed by atoms with Gasteiger partial charge in [-0.3, -0.25) is 9.59 Å². The molecule has 2 aromatic rings. The van der Waals surface area contributed by atoms with E-state index in [0.717, 1.165) is 17.8 Å². The zero-order valence-electron chi connectivity index (χ0n) is 14.1. The van der Waals surface area contributed by atoms with Gasteiger partial charge in [-0.1, -0.05) is 6.07 Å². The van der Waals surface area contributed by atoms with Gasteiger partial charge in [0.05, 0.1) is 17.9 Å². The number of carbonyl (C=O) groups is 2. The van der Waals surface area contributed by atoms with Gasteiger partial charge in [0, 0.05) is 11.4 Å². The van der Waals surface area contributed by atoms with E-state index in [1.54, 1.807) is 11.0 Å². The van der Waals surface area contributed by atoms with Gasteiger partial charge in [-0.25, -0.2) is 0 Å². The summed E-state index contributed by atoms with van der Waals surface area (Å²) in [6, 6.07) is 6.30. The fourth-order valence-electron chi connectivity index (χ4n) is 2.96. The van der Waals surface area contributed by atoms with Crippen molar-refractivity contribution in [3.63, 3.8) is 0 Å². The SMILES string of the molecule is CN(C)CCCN1C(=O)C(O)=C(C(=O)c2ccco2)C1c1cccs1. The molecule has 0 saturated heterocycles. The quantitative estimate of drug-likeness (QED) is 0.769. The fraction of sp³-hybridized carbons (Fsp3) is 0.333. The van der Waals surface area contributed by atoms with Crippen LogP contribution < -0.4 is 0 Å². The first kappa shape index (κ1) is 17.4. The summed E-state index contributed by atoms with van der Waals surface area (Å²) in [7, 11) is 3.92. The summed E-state index contributed by atoms with van der Waals surface area (Å²) in [5, 5.41) is 12.3. The van der Waals surface area contributed by atoms with Crippen molar-refractivity contribution < 1.29 is 19.1 Å². The number of aliphatic hydroxyl groups excluding tert-OH is 1. The van der Waals surface area contributed by atoms with Crippen molar-refractivity contribution in [2.45, 2.75) is 12.5 Å². The number of hydrogen-bond donors (Lipinski definition) is 1. The van der Waals surface area contributed by atoms with Gasteiger partial charge in [0.25, 0.3) is 5.91 Å². The maximum atomic E-state index is 12.8. The fourth-order valence-corrected chi connectivity index (χ4v) is 3.80. The lowest BCUT2D eigenvalue weighted by atomic mass is 10.0. The van der Waals surface area contributed by atoms with Crippen LogP contribution in [-0.4, -0.2) is 53.8 Å². The van der Waals surface area contributed by atoms with Gasteiger partial charge < -0.3 is 19.3 Å². The van der Waals surface area contributed by atoms with Crippen molar-refractivity contribution in [2.75, 3.05) is 27.2 Å². The highest BCUT2D eigenvalue weighted by Crippen LogP contribution is 2.40. The van der Waals surface area contributed by atoms with Crippen molar-refractivity contribution in [3.8, 4) is 0 Å². The van der Waals surface area contributed by atoms with Crippen molar-refractivity contribution in [3.05, 3.63) is 57.9 Å². The molecule has 1 unspecified atom stereocenters. The van der Waals surface area contributed by atoms with Gasteiger partial charge in [0.1, 0.15) is 0 Å². The molecule has 0 fully saturated rings.